The van der Waals surface area contributed by atoms with Crippen LogP contribution < -0.4 is 10.2 Å². The fourth-order valence-corrected chi connectivity index (χ4v) is 4.00. The quantitative estimate of drug-likeness (QED) is 0.834. The van der Waals surface area contributed by atoms with Gasteiger partial charge < -0.3 is 10.2 Å². The number of hydrogen-bond acceptors (Lipinski definition) is 5. The third-order valence-corrected chi connectivity index (χ3v) is 5.20. The van der Waals surface area contributed by atoms with Gasteiger partial charge in [-0.05, 0) is 31.9 Å². The minimum absolute atomic E-state index is 0.154. The third kappa shape index (κ3) is 2.50. The molecular weight excluding hydrogens is 304 g/mol. The third-order valence-electron chi connectivity index (χ3n) is 5.20. The molecular formula is C18H24N4O2. The number of carbonyl (C=O) groups is 2. The summed E-state index contributed by atoms with van der Waals surface area (Å²) in [5, 5.41) is 6.73. The largest absolute Gasteiger partial charge is 0.368 e. The van der Waals surface area contributed by atoms with Gasteiger partial charge in [-0.15, -0.1) is 0 Å². The van der Waals surface area contributed by atoms with E-state index in [1.807, 2.05) is 17.1 Å². The summed E-state index contributed by atoms with van der Waals surface area (Å²) in [5.74, 6) is -0.319. The monoisotopic (exact) mass is 328 g/mol. The molecule has 1 aromatic carbocycles. The predicted molar refractivity (Wildman–Crippen MR) is 92.0 cm³/mol. The maximum atomic E-state index is 13.1. The highest BCUT2D eigenvalue weighted by Crippen LogP contribution is 2.33. The Bertz CT molecular complexity index is 669. The van der Waals surface area contributed by atoms with Crippen LogP contribution in [-0.4, -0.2) is 60.6 Å². The Morgan fingerprint density at radius 2 is 1.83 bits per heavy atom. The standard InChI is InChI=1S/C18H24N4O2/c1-13-12-20(11-8-19-13)15-7-5-6-14-16(15)18(24)22(17(14)23)21-9-3-2-4-10-21/h5-7,13,19H,2-4,8-12H2,1H3. The normalized spacial score (nSPS) is 25.3. The van der Waals surface area contributed by atoms with Gasteiger partial charge in [0, 0.05) is 38.8 Å². The van der Waals surface area contributed by atoms with Crippen LogP contribution in [0.3, 0.4) is 0 Å². The lowest BCUT2D eigenvalue weighted by atomic mass is 10.1. The summed E-state index contributed by atoms with van der Waals surface area (Å²) in [6.45, 7) is 6.30. The SMILES string of the molecule is CC1CN(c2cccc3c2C(=O)N(N2CCCCC2)C3=O)CCN1. The Labute approximate surface area is 142 Å². The Morgan fingerprint density at radius 3 is 2.58 bits per heavy atom. The van der Waals surface area contributed by atoms with E-state index >= 15 is 0 Å². The molecule has 6 nitrogen and oxygen atoms in total. The smallest absolute Gasteiger partial charge is 0.278 e. The van der Waals surface area contributed by atoms with Crippen molar-refractivity contribution >= 4 is 17.5 Å². The van der Waals surface area contributed by atoms with Crippen LogP contribution in [0.4, 0.5) is 5.69 Å². The molecule has 0 radical (unpaired) electrons. The molecule has 2 saturated heterocycles. The van der Waals surface area contributed by atoms with Crippen LogP contribution in [0.1, 0.15) is 46.9 Å². The number of piperidine rings is 1. The maximum Gasteiger partial charge on any atom is 0.278 e. The molecule has 0 aromatic heterocycles. The molecule has 3 aliphatic heterocycles. The molecule has 0 aliphatic carbocycles. The van der Waals surface area contributed by atoms with E-state index in [9.17, 15) is 9.59 Å². The number of nitrogens with one attached hydrogen (secondary N) is 1. The maximum absolute atomic E-state index is 13.1. The van der Waals surface area contributed by atoms with E-state index in [1.54, 1.807) is 6.07 Å². The molecule has 4 rings (SSSR count). The minimum atomic E-state index is -0.165. The summed E-state index contributed by atoms with van der Waals surface area (Å²) in [4.78, 5) is 28.1. The van der Waals surface area contributed by atoms with Crippen LogP contribution in [0, 0.1) is 0 Å². The Morgan fingerprint density at radius 1 is 1.04 bits per heavy atom. The summed E-state index contributed by atoms with van der Waals surface area (Å²) in [6, 6.07) is 6.03. The second-order valence-corrected chi connectivity index (χ2v) is 6.94. The Balaban J connectivity index is 1.68. The lowest BCUT2D eigenvalue weighted by Gasteiger charge is -2.35. The molecule has 1 unspecified atom stereocenters. The van der Waals surface area contributed by atoms with Crippen LogP contribution >= 0.6 is 0 Å². The molecule has 3 aliphatic rings. The number of imide groups is 1. The first-order valence-electron chi connectivity index (χ1n) is 8.92. The minimum Gasteiger partial charge on any atom is -0.368 e. The summed E-state index contributed by atoms with van der Waals surface area (Å²) >= 11 is 0. The first-order chi connectivity index (χ1) is 11.7. The number of piperazine rings is 1. The summed E-state index contributed by atoms with van der Waals surface area (Å²) in [5.41, 5.74) is 2.04. The fourth-order valence-electron chi connectivity index (χ4n) is 4.00. The van der Waals surface area contributed by atoms with Crippen LogP contribution in [0.15, 0.2) is 18.2 Å². The second kappa shape index (κ2) is 6.18. The van der Waals surface area contributed by atoms with E-state index in [4.69, 9.17) is 0 Å². The van der Waals surface area contributed by atoms with Crippen molar-refractivity contribution in [3.63, 3.8) is 0 Å². The molecule has 128 valence electrons. The van der Waals surface area contributed by atoms with Crippen LogP contribution in [0.25, 0.3) is 0 Å². The van der Waals surface area contributed by atoms with E-state index in [2.05, 4.69) is 17.1 Å². The van der Waals surface area contributed by atoms with E-state index in [0.29, 0.717) is 17.2 Å². The van der Waals surface area contributed by atoms with E-state index in [-0.39, 0.29) is 11.8 Å². The molecule has 3 heterocycles. The second-order valence-electron chi connectivity index (χ2n) is 6.94. The van der Waals surface area contributed by atoms with Crippen molar-refractivity contribution in [2.75, 3.05) is 37.6 Å². The zero-order valence-corrected chi connectivity index (χ0v) is 14.1. The predicted octanol–water partition coefficient (Wildman–Crippen LogP) is 1.48. The van der Waals surface area contributed by atoms with Gasteiger partial charge in [-0.3, -0.25) is 9.59 Å². The number of hydrazine groups is 1. The van der Waals surface area contributed by atoms with Gasteiger partial charge in [-0.2, -0.15) is 0 Å². The molecule has 0 spiro atoms. The summed E-state index contributed by atoms with van der Waals surface area (Å²) in [7, 11) is 0. The van der Waals surface area contributed by atoms with E-state index in [0.717, 1.165) is 51.3 Å². The van der Waals surface area contributed by atoms with Crippen LogP contribution in [0.5, 0.6) is 0 Å². The van der Waals surface area contributed by atoms with E-state index in [1.165, 1.54) is 11.4 Å². The molecule has 1 N–H and O–H groups in total. The molecule has 1 aromatic rings. The molecule has 0 bridgehead atoms. The molecule has 2 fully saturated rings. The van der Waals surface area contributed by atoms with Gasteiger partial charge in [-0.25, -0.2) is 10.0 Å². The zero-order chi connectivity index (χ0) is 16.7. The van der Waals surface area contributed by atoms with Gasteiger partial charge in [-0.1, -0.05) is 12.5 Å². The van der Waals surface area contributed by atoms with Gasteiger partial charge in [0.2, 0.25) is 0 Å². The fraction of sp³-hybridized carbons (Fsp3) is 0.556. The van der Waals surface area contributed by atoms with Gasteiger partial charge >= 0.3 is 0 Å². The van der Waals surface area contributed by atoms with Gasteiger partial charge in [0.05, 0.1) is 16.8 Å². The lowest BCUT2D eigenvalue weighted by Crippen LogP contribution is -2.50. The average molecular weight is 328 g/mol. The van der Waals surface area contributed by atoms with Gasteiger partial charge in [0.1, 0.15) is 0 Å². The zero-order valence-electron chi connectivity index (χ0n) is 14.1. The lowest BCUT2D eigenvalue weighted by molar-refractivity contribution is -0.00680. The number of amides is 2. The first kappa shape index (κ1) is 15.6. The number of benzene rings is 1. The van der Waals surface area contributed by atoms with Crippen LogP contribution in [0.2, 0.25) is 0 Å². The topological polar surface area (TPSA) is 55.9 Å². The number of anilines is 1. The van der Waals surface area contributed by atoms with Crippen molar-refractivity contribution in [2.24, 2.45) is 0 Å². The number of fused-ring (bicyclic) bond motifs is 1. The highest BCUT2D eigenvalue weighted by molar-refractivity contribution is 6.23. The van der Waals surface area contributed by atoms with Crippen molar-refractivity contribution in [2.45, 2.75) is 32.2 Å². The van der Waals surface area contributed by atoms with Gasteiger partial charge in [0.25, 0.3) is 11.8 Å². The molecule has 24 heavy (non-hydrogen) atoms. The van der Waals surface area contributed by atoms with Crippen molar-refractivity contribution in [3.05, 3.63) is 29.3 Å². The van der Waals surface area contributed by atoms with E-state index < -0.39 is 0 Å². The first-order valence-corrected chi connectivity index (χ1v) is 8.92. The summed E-state index contributed by atoms with van der Waals surface area (Å²) in [6.07, 6.45) is 3.24. The number of carbonyl (C=O) groups excluding carboxylic acids is 2. The van der Waals surface area contributed by atoms with Crippen LogP contribution in [-0.2, 0) is 0 Å². The van der Waals surface area contributed by atoms with Gasteiger partial charge in [0.15, 0.2) is 0 Å². The highest BCUT2D eigenvalue weighted by Gasteiger charge is 2.42. The molecule has 1 atom stereocenters. The average Bonchev–Trinajstić information content (AvgIpc) is 2.87. The van der Waals surface area contributed by atoms with Crippen molar-refractivity contribution in [1.29, 1.82) is 0 Å². The number of nitrogens with zero attached hydrogens (tertiary/aromatic N) is 3. The number of rotatable bonds is 2. The Kier molecular flexibility index (Phi) is 4.02. The van der Waals surface area contributed by atoms with Crippen molar-refractivity contribution in [1.82, 2.24) is 15.3 Å². The van der Waals surface area contributed by atoms with Crippen molar-refractivity contribution < 1.29 is 9.59 Å². The Hall–Kier alpha value is -1.92. The molecule has 6 heteroatoms. The summed E-state index contributed by atoms with van der Waals surface area (Å²) < 4.78 is 0. The molecule has 0 saturated carbocycles. The highest BCUT2D eigenvalue weighted by atomic mass is 16.2. The number of hydrogen-bond donors (Lipinski definition) is 1. The molecule has 2 amide bonds. The van der Waals surface area contributed by atoms with Crippen molar-refractivity contribution in [3.8, 4) is 0 Å².